The first kappa shape index (κ1) is 11.5. The predicted molar refractivity (Wildman–Crippen MR) is 54.3 cm³/mol. The molecule has 1 amide bonds. The summed E-state index contributed by atoms with van der Waals surface area (Å²) < 4.78 is 29.5. The number of rotatable bonds is 3. The van der Waals surface area contributed by atoms with E-state index in [1.807, 2.05) is 0 Å². The van der Waals surface area contributed by atoms with E-state index in [1.165, 1.54) is 13.2 Å². The topological polar surface area (TPSA) is 74.5 Å². The quantitative estimate of drug-likeness (QED) is 0.750. The number of nitrogens with zero attached hydrogens (tertiary/aromatic N) is 1. The molecule has 0 aliphatic rings. The summed E-state index contributed by atoms with van der Waals surface area (Å²) in [6, 6.07) is 6.30. The number of sulfonamides is 1. The predicted octanol–water partition coefficient (Wildman–Crippen LogP) is 0.399. The standard InChI is InChI=1S/C9H10NO4S/c1-14-8-6-4-3-5-7(8)9(11)10-15(2,12)13/h3-6H,1-2H3. The first-order valence-corrected chi connectivity index (χ1v) is 5.89. The number of amides is 1. The lowest BCUT2D eigenvalue weighted by molar-refractivity contribution is 0.0975. The van der Waals surface area contributed by atoms with Crippen molar-refractivity contribution in [3.05, 3.63) is 29.8 Å². The van der Waals surface area contributed by atoms with E-state index in [-0.39, 0.29) is 5.56 Å². The molecular formula is C9H10NO4S. The minimum absolute atomic E-state index is 0.130. The van der Waals surface area contributed by atoms with Gasteiger partial charge in [0, 0.05) is 0 Å². The van der Waals surface area contributed by atoms with Crippen LogP contribution in [0.25, 0.3) is 0 Å². The van der Waals surface area contributed by atoms with Crippen molar-refractivity contribution in [3.63, 3.8) is 0 Å². The molecule has 0 spiro atoms. The van der Waals surface area contributed by atoms with E-state index in [9.17, 15) is 13.2 Å². The van der Waals surface area contributed by atoms with Gasteiger partial charge in [0.1, 0.15) is 5.75 Å². The van der Waals surface area contributed by atoms with Gasteiger partial charge in [0.05, 0.1) is 18.9 Å². The lowest BCUT2D eigenvalue weighted by atomic mass is 10.2. The first-order valence-electron chi connectivity index (χ1n) is 4.04. The Labute approximate surface area is 88.1 Å². The Hall–Kier alpha value is -1.56. The maximum atomic E-state index is 11.4. The number of para-hydroxylation sites is 1. The molecule has 1 aromatic carbocycles. The normalized spacial score (nSPS) is 10.8. The Balaban J connectivity index is 3.01. The van der Waals surface area contributed by atoms with Crippen molar-refractivity contribution in [1.82, 2.24) is 4.72 Å². The van der Waals surface area contributed by atoms with Gasteiger partial charge in [-0.3, -0.25) is 4.79 Å². The monoisotopic (exact) mass is 228 g/mol. The van der Waals surface area contributed by atoms with Gasteiger partial charge in [-0.2, -0.15) is 0 Å². The van der Waals surface area contributed by atoms with E-state index in [4.69, 9.17) is 4.74 Å². The highest BCUT2D eigenvalue weighted by molar-refractivity contribution is 7.89. The first-order chi connectivity index (χ1) is 6.94. The third kappa shape index (κ3) is 3.25. The zero-order chi connectivity index (χ0) is 11.5. The molecule has 1 radical (unpaired) electrons. The smallest absolute Gasteiger partial charge is 0.291 e. The van der Waals surface area contributed by atoms with E-state index < -0.39 is 15.9 Å². The van der Waals surface area contributed by atoms with Gasteiger partial charge in [0.2, 0.25) is 0 Å². The van der Waals surface area contributed by atoms with Gasteiger partial charge in [-0.15, -0.1) is 4.72 Å². The second-order valence-corrected chi connectivity index (χ2v) is 4.48. The highest BCUT2D eigenvalue weighted by Crippen LogP contribution is 2.17. The van der Waals surface area contributed by atoms with Gasteiger partial charge in [-0.25, -0.2) is 8.42 Å². The number of carbonyl (C=O) groups excluding carboxylic acids is 1. The van der Waals surface area contributed by atoms with Gasteiger partial charge in [-0.1, -0.05) is 12.1 Å². The molecule has 15 heavy (non-hydrogen) atoms. The zero-order valence-electron chi connectivity index (χ0n) is 8.30. The van der Waals surface area contributed by atoms with E-state index in [0.29, 0.717) is 5.75 Å². The number of hydrogen-bond acceptors (Lipinski definition) is 4. The van der Waals surface area contributed by atoms with Crippen LogP contribution < -0.4 is 9.46 Å². The van der Waals surface area contributed by atoms with Crippen LogP contribution in [0.2, 0.25) is 0 Å². The van der Waals surface area contributed by atoms with Crippen LogP contribution in [0.1, 0.15) is 10.4 Å². The van der Waals surface area contributed by atoms with Gasteiger partial charge in [0.25, 0.3) is 15.9 Å². The van der Waals surface area contributed by atoms with Crippen LogP contribution in [-0.2, 0) is 10.0 Å². The highest BCUT2D eigenvalue weighted by Gasteiger charge is 2.17. The van der Waals surface area contributed by atoms with Gasteiger partial charge >= 0.3 is 0 Å². The van der Waals surface area contributed by atoms with Crippen molar-refractivity contribution in [2.24, 2.45) is 0 Å². The average Bonchev–Trinajstić information content (AvgIpc) is 2.15. The molecule has 0 aromatic heterocycles. The van der Waals surface area contributed by atoms with Crippen molar-refractivity contribution < 1.29 is 17.9 Å². The molecule has 0 aliphatic heterocycles. The van der Waals surface area contributed by atoms with E-state index in [0.717, 1.165) is 6.26 Å². The number of methoxy groups -OCH3 is 1. The Kier molecular flexibility index (Phi) is 3.31. The minimum Gasteiger partial charge on any atom is -0.496 e. The summed E-state index contributed by atoms with van der Waals surface area (Å²) in [6.45, 7) is 0. The molecular weight excluding hydrogens is 218 g/mol. The molecule has 0 unspecified atom stereocenters. The van der Waals surface area contributed by atoms with E-state index >= 15 is 0 Å². The van der Waals surface area contributed by atoms with Gasteiger partial charge in [-0.05, 0) is 12.1 Å². The molecule has 0 atom stereocenters. The minimum atomic E-state index is -3.68. The summed E-state index contributed by atoms with van der Waals surface area (Å²) in [5.41, 5.74) is 0.130. The second-order valence-electron chi connectivity index (χ2n) is 2.83. The fourth-order valence-electron chi connectivity index (χ4n) is 1.02. The lowest BCUT2D eigenvalue weighted by Crippen LogP contribution is -2.22. The molecule has 0 saturated heterocycles. The van der Waals surface area contributed by atoms with Gasteiger partial charge in [0.15, 0.2) is 0 Å². The molecule has 0 aliphatic carbocycles. The number of carbonyl (C=O) groups is 1. The largest absolute Gasteiger partial charge is 0.496 e. The third-order valence-electron chi connectivity index (χ3n) is 1.59. The Bertz CT molecular complexity index is 467. The second kappa shape index (κ2) is 4.31. The maximum absolute atomic E-state index is 11.4. The fourth-order valence-corrected chi connectivity index (χ4v) is 1.42. The zero-order valence-corrected chi connectivity index (χ0v) is 9.11. The van der Waals surface area contributed by atoms with Crippen LogP contribution in [0, 0.1) is 0 Å². The van der Waals surface area contributed by atoms with E-state index in [1.54, 1.807) is 18.2 Å². The lowest BCUT2D eigenvalue weighted by Gasteiger charge is -2.05. The summed E-state index contributed by atoms with van der Waals surface area (Å²) in [6.07, 6.45) is 0.861. The van der Waals surface area contributed by atoms with Crippen molar-refractivity contribution in [1.29, 1.82) is 0 Å². The van der Waals surface area contributed by atoms with Crippen molar-refractivity contribution in [3.8, 4) is 5.75 Å². The highest BCUT2D eigenvalue weighted by atomic mass is 32.2. The van der Waals surface area contributed by atoms with Crippen LogP contribution in [-0.4, -0.2) is 27.7 Å². The molecule has 5 nitrogen and oxygen atoms in total. The third-order valence-corrected chi connectivity index (χ3v) is 2.08. The van der Waals surface area contributed by atoms with Crippen molar-refractivity contribution in [2.45, 2.75) is 0 Å². The molecule has 0 heterocycles. The van der Waals surface area contributed by atoms with Crippen LogP contribution in [0.3, 0.4) is 0 Å². The summed E-state index contributed by atoms with van der Waals surface area (Å²) in [7, 11) is -2.28. The van der Waals surface area contributed by atoms with Crippen LogP contribution >= 0.6 is 0 Å². The molecule has 0 N–H and O–H groups in total. The molecule has 6 heteroatoms. The molecule has 0 saturated carbocycles. The fraction of sp³-hybridized carbons (Fsp3) is 0.222. The van der Waals surface area contributed by atoms with Crippen LogP contribution in [0.4, 0.5) is 0 Å². The number of benzene rings is 1. The Morgan fingerprint density at radius 2 is 1.93 bits per heavy atom. The Morgan fingerprint density at radius 3 is 2.47 bits per heavy atom. The summed E-state index contributed by atoms with van der Waals surface area (Å²) in [4.78, 5) is 11.4. The van der Waals surface area contributed by atoms with Crippen molar-refractivity contribution in [2.75, 3.05) is 13.4 Å². The SMILES string of the molecule is COc1ccccc1C(=O)[N]S(C)(=O)=O. The summed E-state index contributed by atoms with van der Waals surface area (Å²) in [5, 5.41) is 0. The molecule has 0 bridgehead atoms. The number of hydrogen-bond donors (Lipinski definition) is 0. The Morgan fingerprint density at radius 1 is 1.33 bits per heavy atom. The number of ether oxygens (including phenoxy) is 1. The van der Waals surface area contributed by atoms with Gasteiger partial charge < -0.3 is 4.74 Å². The molecule has 1 rings (SSSR count). The van der Waals surface area contributed by atoms with Crippen LogP contribution in [0.15, 0.2) is 24.3 Å². The summed E-state index contributed by atoms with van der Waals surface area (Å²) in [5.74, 6) is -0.523. The molecule has 81 valence electrons. The summed E-state index contributed by atoms with van der Waals surface area (Å²) >= 11 is 0. The molecule has 1 aromatic rings. The molecule has 0 fully saturated rings. The maximum Gasteiger partial charge on any atom is 0.291 e. The van der Waals surface area contributed by atoms with Crippen LogP contribution in [0.5, 0.6) is 5.75 Å². The van der Waals surface area contributed by atoms with E-state index in [2.05, 4.69) is 4.72 Å². The van der Waals surface area contributed by atoms with Crippen molar-refractivity contribution >= 4 is 15.9 Å². The average molecular weight is 228 g/mol.